The van der Waals surface area contributed by atoms with E-state index in [4.69, 9.17) is 28.0 Å². The maximum atomic E-state index is 13.5. The van der Waals surface area contributed by atoms with Gasteiger partial charge >= 0.3 is 40.8 Å². The summed E-state index contributed by atoms with van der Waals surface area (Å²) in [5.74, 6) is -1.18. The van der Waals surface area contributed by atoms with Gasteiger partial charge in [-0.05, 0) is 138 Å². The molecule has 6 rings (SSSR count). The van der Waals surface area contributed by atoms with Gasteiger partial charge in [0.05, 0.1) is 48.7 Å². The van der Waals surface area contributed by atoms with Gasteiger partial charge in [-0.1, -0.05) is 39.8 Å². The standard InChI is InChI=1S/C52H64N4O10P2/c1-13-37-25-53(26-38(37)14-2)67(54-27-39(15-3)41(29-54)49(57)61-17-5)65-45-23-21-33(9)35(11)47(45)48-36(12)34(10)22-24-46(48)66-68(55-28-40(16-4)42(30-55)50(58)62-18-6)56-31-43(51(59)63-19-7)44(32-56)52(60)64-20-8/h21-32H,13-20H2,1-12H3. The van der Waals surface area contributed by atoms with E-state index >= 15 is 0 Å². The third-order valence-corrected chi connectivity index (χ3v) is 15.1. The monoisotopic (exact) mass is 966 g/mol. The SMILES string of the molecule is CCOC(=O)c1cn(P(Oc2ccc(C)c(C)c2-c2c(OP(n3cc(CC)c(C(=O)OCC)c3)n3cc(C(=O)OCC)c(C(=O)OCC)c3)ccc(C)c2C)n2cc(CC)c(CC)c2)cc1CC. The zero-order chi connectivity index (χ0) is 49.4. The van der Waals surface area contributed by atoms with Gasteiger partial charge in [0.1, 0.15) is 11.5 Å². The molecule has 2 atom stereocenters. The van der Waals surface area contributed by atoms with Crippen molar-refractivity contribution < 1.29 is 47.2 Å². The second-order valence-electron chi connectivity index (χ2n) is 16.1. The lowest BCUT2D eigenvalue weighted by Gasteiger charge is -2.27. The molecule has 0 aliphatic heterocycles. The number of hydrogen-bond donors (Lipinski definition) is 0. The molecule has 0 saturated carbocycles. The Morgan fingerprint density at radius 2 is 0.676 bits per heavy atom. The molecule has 4 aromatic heterocycles. The van der Waals surface area contributed by atoms with Gasteiger partial charge in [-0.15, -0.1) is 0 Å². The Morgan fingerprint density at radius 3 is 1.00 bits per heavy atom. The van der Waals surface area contributed by atoms with Gasteiger partial charge in [0.2, 0.25) is 0 Å². The molecule has 68 heavy (non-hydrogen) atoms. The van der Waals surface area contributed by atoms with E-state index in [-0.39, 0.29) is 43.5 Å². The third kappa shape index (κ3) is 10.6. The molecule has 0 saturated heterocycles. The van der Waals surface area contributed by atoms with Gasteiger partial charge in [-0.25, -0.2) is 19.2 Å². The van der Waals surface area contributed by atoms with E-state index in [0.717, 1.165) is 57.3 Å². The number of nitrogens with zero attached hydrogens (tertiary/aromatic N) is 4. The number of ether oxygens (including phenoxy) is 4. The Kier molecular flexibility index (Phi) is 17.2. The topological polar surface area (TPSA) is 143 Å². The molecule has 0 bridgehead atoms. The fourth-order valence-corrected chi connectivity index (χ4v) is 11.3. The molecule has 0 radical (unpaired) electrons. The first-order valence-electron chi connectivity index (χ1n) is 23.4. The normalized spacial score (nSPS) is 12.1. The van der Waals surface area contributed by atoms with Crippen LogP contribution in [0.5, 0.6) is 11.5 Å². The van der Waals surface area contributed by atoms with Crippen LogP contribution in [0.25, 0.3) is 11.1 Å². The van der Waals surface area contributed by atoms with E-state index in [1.807, 2.05) is 74.9 Å². The molecule has 16 heteroatoms. The summed E-state index contributed by atoms with van der Waals surface area (Å²) < 4.78 is 44.0. The van der Waals surface area contributed by atoms with E-state index in [1.165, 1.54) is 23.5 Å². The number of aryl methyl sites for hydroxylation is 6. The van der Waals surface area contributed by atoms with E-state index in [2.05, 4.69) is 44.4 Å². The number of carbonyl (C=O) groups excluding carboxylic acids is 4. The first-order valence-corrected chi connectivity index (χ1v) is 25.7. The summed E-state index contributed by atoms with van der Waals surface area (Å²) >= 11 is 0. The predicted molar refractivity (Wildman–Crippen MR) is 267 cm³/mol. The molecule has 6 aromatic rings. The number of benzene rings is 2. The lowest BCUT2D eigenvalue weighted by atomic mass is 9.90. The van der Waals surface area contributed by atoms with Crippen LogP contribution in [-0.2, 0) is 44.6 Å². The zero-order valence-corrected chi connectivity index (χ0v) is 43.1. The zero-order valence-electron chi connectivity index (χ0n) is 41.4. The van der Waals surface area contributed by atoms with Crippen molar-refractivity contribution in [3.63, 3.8) is 0 Å². The second kappa shape index (κ2) is 22.8. The molecular weight excluding hydrogens is 903 g/mol. The van der Waals surface area contributed by atoms with E-state index in [0.29, 0.717) is 35.5 Å². The largest absolute Gasteiger partial charge is 0.462 e. The fourth-order valence-electron chi connectivity index (χ4n) is 8.01. The van der Waals surface area contributed by atoms with Crippen LogP contribution in [0.3, 0.4) is 0 Å². The molecule has 14 nitrogen and oxygen atoms in total. The summed E-state index contributed by atoms with van der Waals surface area (Å²) in [6.07, 6.45) is 17.5. The molecule has 4 heterocycles. The van der Waals surface area contributed by atoms with Crippen molar-refractivity contribution in [2.24, 2.45) is 0 Å². The molecule has 2 aromatic carbocycles. The van der Waals surface area contributed by atoms with Gasteiger partial charge in [0.25, 0.3) is 0 Å². The van der Waals surface area contributed by atoms with E-state index < -0.39 is 34.8 Å². The van der Waals surface area contributed by atoms with Crippen LogP contribution in [-0.4, -0.2) is 67.7 Å². The predicted octanol–water partition coefficient (Wildman–Crippen LogP) is 12.2. The summed E-state index contributed by atoms with van der Waals surface area (Å²) in [6.45, 7) is 24.0. The highest BCUT2D eigenvalue weighted by Gasteiger charge is 2.32. The van der Waals surface area contributed by atoms with E-state index in [1.54, 1.807) is 42.6 Å². The first kappa shape index (κ1) is 51.3. The second-order valence-corrected chi connectivity index (χ2v) is 19.3. The summed E-state index contributed by atoms with van der Waals surface area (Å²) in [5, 5.41) is 0. The Hall–Kier alpha value is -6.10. The Labute approximate surface area is 402 Å². The quantitative estimate of drug-likeness (QED) is 0.0388. The van der Waals surface area contributed by atoms with Gasteiger partial charge in [-0.2, -0.15) is 0 Å². The molecule has 362 valence electrons. The fraction of sp³-hybridized carbons (Fsp3) is 0.385. The molecule has 0 aliphatic rings. The average Bonchev–Trinajstić information content (AvgIpc) is 4.15. The number of carbonyl (C=O) groups is 4. The third-order valence-electron chi connectivity index (χ3n) is 11.9. The average molecular weight is 967 g/mol. The van der Waals surface area contributed by atoms with Crippen LogP contribution in [0.1, 0.15) is 141 Å². The van der Waals surface area contributed by atoms with Gasteiger partial charge in [0, 0.05) is 60.7 Å². The number of aromatic nitrogens is 4. The van der Waals surface area contributed by atoms with Gasteiger partial charge < -0.3 is 28.0 Å². The first-order chi connectivity index (χ1) is 32.7. The molecule has 0 spiro atoms. The van der Waals surface area contributed by atoms with Crippen molar-refractivity contribution in [3.8, 4) is 22.6 Å². The summed E-state index contributed by atoms with van der Waals surface area (Å²) in [5.41, 5.74) is 10.4. The highest BCUT2D eigenvalue weighted by atomic mass is 31.2. The molecule has 0 N–H and O–H groups in total. The lowest BCUT2D eigenvalue weighted by molar-refractivity contribution is 0.0480. The minimum Gasteiger partial charge on any atom is -0.462 e. The van der Waals surface area contributed by atoms with Crippen molar-refractivity contribution in [1.82, 2.24) is 17.4 Å². The maximum Gasteiger partial charge on any atom is 0.340 e. The Balaban J connectivity index is 1.60. The van der Waals surface area contributed by atoms with Crippen LogP contribution in [0.4, 0.5) is 0 Å². The van der Waals surface area contributed by atoms with Crippen molar-refractivity contribution in [3.05, 3.63) is 141 Å². The summed E-state index contributed by atoms with van der Waals surface area (Å²) in [4.78, 5) is 53.6. The van der Waals surface area contributed by atoms with E-state index in [9.17, 15) is 19.2 Å². The van der Waals surface area contributed by atoms with Crippen LogP contribution in [0.15, 0.2) is 73.8 Å². The van der Waals surface area contributed by atoms with Crippen molar-refractivity contribution in [1.29, 1.82) is 0 Å². The van der Waals surface area contributed by atoms with Gasteiger partial charge in [0.15, 0.2) is 0 Å². The summed E-state index contributed by atoms with van der Waals surface area (Å²) in [6, 6.07) is 7.93. The van der Waals surface area contributed by atoms with Crippen LogP contribution >= 0.6 is 16.9 Å². The number of esters is 4. The molecule has 0 fully saturated rings. The molecule has 2 unspecified atom stereocenters. The molecule has 0 aliphatic carbocycles. The lowest BCUT2D eigenvalue weighted by Crippen LogP contribution is -2.11. The number of hydrogen-bond acceptors (Lipinski definition) is 10. The minimum absolute atomic E-state index is 0.0126. The van der Waals surface area contributed by atoms with Crippen LogP contribution in [0.2, 0.25) is 0 Å². The number of rotatable bonds is 21. The highest BCUT2D eigenvalue weighted by molar-refractivity contribution is 7.50. The minimum atomic E-state index is -2.07. The van der Waals surface area contributed by atoms with Crippen LogP contribution in [0, 0.1) is 27.7 Å². The van der Waals surface area contributed by atoms with Crippen LogP contribution < -0.4 is 9.05 Å². The smallest absolute Gasteiger partial charge is 0.340 e. The van der Waals surface area contributed by atoms with Crippen molar-refractivity contribution >= 4 is 40.8 Å². The Morgan fingerprint density at radius 1 is 0.397 bits per heavy atom. The maximum absolute atomic E-state index is 13.5. The molecule has 0 amide bonds. The van der Waals surface area contributed by atoms with Crippen molar-refractivity contribution in [2.75, 3.05) is 26.4 Å². The Bertz CT molecular complexity index is 2740. The van der Waals surface area contributed by atoms with Crippen molar-refractivity contribution in [2.45, 2.75) is 109 Å². The molecular formula is C52H64N4O10P2. The highest BCUT2D eigenvalue weighted by Crippen LogP contribution is 2.53. The summed E-state index contributed by atoms with van der Waals surface area (Å²) in [7, 11) is -3.76. The van der Waals surface area contributed by atoms with Gasteiger partial charge in [-0.3, -0.25) is 17.4 Å².